The highest BCUT2D eigenvalue weighted by atomic mass is 35.5. The fraction of sp³-hybridized carbons (Fsp3) is 0.750. The van der Waals surface area contributed by atoms with E-state index in [1.54, 1.807) is 0 Å². The average Bonchev–Trinajstić information content (AvgIpc) is 1.69. The van der Waals surface area contributed by atoms with E-state index in [4.69, 9.17) is 16.9 Å². The van der Waals surface area contributed by atoms with Gasteiger partial charge in [-0.1, -0.05) is 11.6 Å². The summed E-state index contributed by atoms with van der Waals surface area (Å²) in [5.74, 6) is 0. The molecule has 0 amide bonds. The Balaban J connectivity index is 2.60. The maximum atomic E-state index is 7.92. The van der Waals surface area contributed by atoms with Crippen molar-refractivity contribution in [2.75, 3.05) is 12.7 Å². The molecule has 0 atom stereocenters. The van der Waals surface area contributed by atoms with Crippen molar-refractivity contribution in [1.29, 1.82) is 5.26 Å². The van der Waals surface area contributed by atoms with E-state index in [0.29, 0.717) is 13.0 Å². The van der Waals surface area contributed by atoms with Crippen molar-refractivity contribution in [2.45, 2.75) is 6.42 Å². The molecule has 0 aliphatic heterocycles. The van der Waals surface area contributed by atoms with Gasteiger partial charge in [-0.3, -0.25) is 0 Å². The summed E-state index contributed by atoms with van der Waals surface area (Å²) in [5, 5.41) is 7.92. The van der Waals surface area contributed by atoms with E-state index >= 15 is 0 Å². The lowest BCUT2D eigenvalue weighted by atomic mass is 10.5. The molecular weight excluding hydrogens is 114 g/mol. The third-order valence-corrected chi connectivity index (χ3v) is 0.590. The molecule has 0 rings (SSSR count). The first-order chi connectivity index (χ1) is 3.41. The minimum atomic E-state index is 0.182. The lowest BCUT2D eigenvalue weighted by molar-refractivity contribution is 0.186. The Labute approximate surface area is 47.6 Å². The van der Waals surface area contributed by atoms with Crippen LogP contribution in [0.2, 0.25) is 0 Å². The molecule has 0 aromatic rings. The number of nitriles is 1. The molecule has 0 saturated heterocycles. The molecule has 0 aromatic carbocycles. The van der Waals surface area contributed by atoms with Crippen LogP contribution in [0.3, 0.4) is 0 Å². The van der Waals surface area contributed by atoms with E-state index < -0.39 is 0 Å². The molecule has 0 aliphatic rings. The van der Waals surface area contributed by atoms with Gasteiger partial charge < -0.3 is 4.74 Å². The molecule has 0 bridgehead atoms. The van der Waals surface area contributed by atoms with Crippen LogP contribution in [0.25, 0.3) is 0 Å². The third-order valence-electron chi connectivity index (χ3n) is 0.435. The smallest absolute Gasteiger partial charge is 0.120 e. The number of hydrogen-bond donors (Lipinski definition) is 0. The van der Waals surface area contributed by atoms with Crippen molar-refractivity contribution in [3.05, 3.63) is 0 Å². The van der Waals surface area contributed by atoms with E-state index in [1.165, 1.54) is 0 Å². The first kappa shape index (κ1) is 6.74. The molecule has 0 N–H and O–H groups in total. The average molecular weight is 120 g/mol. The van der Waals surface area contributed by atoms with Crippen LogP contribution >= 0.6 is 11.6 Å². The van der Waals surface area contributed by atoms with Crippen LogP contribution in [0, 0.1) is 11.3 Å². The summed E-state index contributed by atoms with van der Waals surface area (Å²) in [5.41, 5.74) is 0. The molecule has 7 heavy (non-hydrogen) atoms. The monoisotopic (exact) mass is 119 g/mol. The van der Waals surface area contributed by atoms with Crippen LogP contribution in [0.5, 0.6) is 0 Å². The number of nitrogens with zero attached hydrogens (tertiary/aromatic N) is 1. The van der Waals surface area contributed by atoms with E-state index in [9.17, 15) is 0 Å². The van der Waals surface area contributed by atoms with Crippen molar-refractivity contribution < 1.29 is 4.74 Å². The minimum absolute atomic E-state index is 0.182. The SMILES string of the molecule is N#CCCOCCl. The second-order valence-electron chi connectivity index (χ2n) is 0.925. The minimum Gasteiger partial charge on any atom is -0.365 e. The number of alkyl halides is 1. The van der Waals surface area contributed by atoms with Gasteiger partial charge in [0.15, 0.2) is 0 Å². The molecule has 0 fully saturated rings. The van der Waals surface area contributed by atoms with Gasteiger partial charge in [0.25, 0.3) is 0 Å². The summed E-state index contributed by atoms with van der Waals surface area (Å²) in [6.45, 7) is 0.444. The Hall–Kier alpha value is -0.260. The maximum absolute atomic E-state index is 7.92. The first-order valence-electron chi connectivity index (χ1n) is 1.92. The Morgan fingerprint density at radius 1 is 1.71 bits per heavy atom. The summed E-state index contributed by atoms with van der Waals surface area (Å²) < 4.78 is 4.62. The van der Waals surface area contributed by atoms with E-state index in [1.807, 2.05) is 6.07 Å². The molecule has 0 unspecified atom stereocenters. The van der Waals surface area contributed by atoms with E-state index in [-0.39, 0.29) is 6.07 Å². The summed E-state index contributed by atoms with van der Waals surface area (Å²) in [6.07, 6.45) is 0.423. The predicted molar refractivity (Wildman–Crippen MR) is 26.9 cm³/mol. The lowest BCUT2D eigenvalue weighted by Gasteiger charge is -1.88. The number of halogens is 1. The van der Waals surface area contributed by atoms with Gasteiger partial charge in [0, 0.05) is 0 Å². The van der Waals surface area contributed by atoms with Crippen LogP contribution in [-0.4, -0.2) is 12.7 Å². The summed E-state index contributed by atoms with van der Waals surface area (Å²) >= 11 is 5.11. The highest BCUT2D eigenvalue weighted by Gasteiger charge is 1.79. The molecule has 0 saturated carbocycles. The summed E-state index contributed by atoms with van der Waals surface area (Å²) in [6, 6.07) is 2.10. The predicted octanol–water partition coefficient (Wildman–Crippen LogP) is 1.11. The largest absolute Gasteiger partial charge is 0.365 e. The first-order valence-corrected chi connectivity index (χ1v) is 2.46. The molecule has 3 heteroatoms. The van der Waals surface area contributed by atoms with Crippen molar-refractivity contribution in [1.82, 2.24) is 0 Å². The summed E-state index contributed by atoms with van der Waals surface area (Å²) in [4.78, 5) is 0. The second kappa shape index (κ2) is 5.74. The standard InChI is InChI=1S/C4H6ClNO/c5-4-7-3-1-2-6/h1,3-4H2. The van der Waals surface area contributed by atoms with Gasteiger partial charge in [-0.05, 0) is 0 Å². The molecule has 0 radical (unpaired) electrons. The fourth-order valence-electron chi connectivity index (χ4n) is 0.172. The number of ether oxygens (including phenoxy) is 1. The van der Waals surface area contributed by atoms with E-state index in [0.717, 1.165) is 0 Å². The lowest BCUT2D eigenvalue weighted by Crippen LogP contribution is -1.87. The van der Waals surface area contributed by atoms with Gasteiger partial charge in [-0.25, -0.2) is 0 Å². The molecular formula is C4H6ClNO. The molecule has 40 valence electrons. The fourth-order valence-corrected chi connectivity index (χ4v) is 0.281. The quantitative estimate of drug-likeness (QED) is 0.412. The van der Waals surface area contributed by atoms with Gasteiger partial charge in [-0.2, -0.15) is 5.26 Å². The van der Waals surface area contributed by atoms with Crippen LogP contribution in [-0.2, 0) is 4.74 Å². The zero-order valence-corrected chi connectivity index (χ0v) is 4.61. The third kappa shape index (κ3) is 5.74. The number of hydrogen-bond acceptors (Lipinski definition) is 2. The van der Waals surface area contributed by atoms with Crippen molar-refractivity contribution in [2.24, 2.45) is 0 Å². The van der Waals surface area contributed by atoms with E-state index in [2.05, 4.69) is 4.74 Å². The van der Waals surface area contributed by atoms with Crippen LogP contribution in [0.1, 0.15) is 6.42 Å². The number of rotatable bonds is 3. The zero-order valence-electron chi connectivity index (χ0n) is 3.85. The van der Waals surface area contributed by atoms with Gasteiger partial charge in [0.1, 0.15) is 6.07 Å². The van der Waals surface area contributed by atoms with Crippen LogP contribution in [0.15, 0.2) is 0 Å². The van der Waals surface area contributed by atoms with Gasteiger partial charge in [-0.15, -0.1) is 0 Å². The Morgan fingerprint density at radius 3 is 2.86 bits per heavy atom. The second-order valence-corrected chi connectivity index (χ2v) is 1.14. The van der Waals surface area contributed by atoms with Gasteiger partial charge in [0.2, 0.25) is 0 Å². The van der Waals surface area contributed by atoms with Gasteiger partial charge >= 0.3 is 0 Å². The Bertz CT molecular complexity index is 68.6. The Morgan fingerprint density at radius 2 is 2.43 bits per heavy atom. The topological polar surface area (TPSA) is 33.0 Å². The molecule has 0 aromatic heterocycles. The van der Waals surface area contributed by atoms with Crippen LogP contribution in [0.4, 0.5) is 0 Å². The van der Waals surface area contributed by atoms with Crippen molar-refractivity contribution in [3.8, 4) is 6.07 Å². The molecule has 0 heterocycles. The highest BCUT2D eigenvalue weighted by Crippen LogP contribution is 1.80. The van der Waals surface area contributed by atoms with Crippen molar-refractivity contribution >= 4 is 11.6 Å². The van der Waals surface area contributed by atoms with Gasteiger partial charge in [0.05, 0.1) is 19.1 Å². The Kier molecular flexibility index (Phi) is 5.53. The molecule has 0 aliphatic carbocycles. The highest BCUT2D eigenvalue weighted by molar-refractivity contribution is 6.17. The maximum Gasteiger partial charge on any atom is 0.120 e. The zero-order chi connectivity index (χ0) is 5.54. The van der Waals surface area contributed by atoms with Crippen molar-refractivity contribution in [3.63, 3.8) is 0 Å². The molecule has 2 nitrogen and oxygen atoms in total. The van der Waals surface area contributed by atoms with Crippen LogP contribution < -0.4 is 0 Å². The normalized spacial score (nSPS) is 8.00. The molecule has 0 spiro atoms. The summed E-state index contributed by atoms with van der Waals surface area (Å²) in [7, 11) is 0.